The molecule has 206 valence electrons. The lowest BCUT2D eigenvalue weighted by Crippen LogP contribution is -2.53. The molecule has 1 aromatic rings. The Kier molecular flexibility index (Phi) is 9.14. The number of phosphoric ester groups is 2. The fourth-order valence-corrected chi connectivity index (χ4v) is 6.10. The Hall–Kier alpha value is -1.26. The first kappa shape index (κ1) is 29.3. The Morgan fingerprint density at radius 2 is 1.83 bits per heavy atom. The predicted molar refractivity (Wildman–Crippen MR) is 121 cm³/mol. The molecule has 9 atom stereocenters. The van der Waals surface area contributed by atoms with E-state index < -0.39 is 76.5 Å². The highest BCUT2D eigenvalue weighted by Crippen LogP contribution is 2.61. The van der Waals surface area contributed by atoms with Crippen molar-refractivity contribution in [1.82, 2.24) is 14.5 Å². The molecular weight excluding hydrogens is 528 g/mol. The van der Waals surface area contributed by atoms with Crippen LogP contribution in [0.2, 0.25) is 0 Å². The summed E-state index contributed by atoms with van der Waals surface area (Å²) < 4.78 is 50.4. The standard InChI is InChI=1S/C18H31N3O13P2/c1-9-7-21(18(25)19-16(9)24)14-6-12(22)13(32-14)8-30-35(26,27)34-36(28,29)33-17-15(23)11(20(3)4)5-10(2)31-17/h7,10-15,17,22-23H,5-6,8H2,1-4H3,(H,26,27)(H,28,29)(H,19,24,25). The summed E-state index contributed by atoms with van der Waals surface area (Å²) in [6.45, 7) is 2.36. The molecule has 2 aliphatic heterocycles. The Balaban J connectivity index is 1.59. The molecule has 18 heteroatoms. The number of aryl methyl sites for hydroxylation is 1. The highest BCUT2D eigenvalue weighted by atomic mass is 31.3. The number of ether oxygens (including phenoxy) is 2. The van der Waals surface area contributed by atoms with E-state index in [1.165, 1.54) is 13.1 Å². The van der Waals surface area contributed by atoms with E-state index in [1.54, 1.807) is 25.9 Å². The zero-order chi connectivity index (χ0) is 27.0. The van der Waals surface area contributed by atoms with Crippen LogP contribution in [-0.2, 0) is 32.0 Å². The summed E-state index contributed by atoms with van der Waals surface area (Å²) >= 11 is 0. The second-order valence-corrected chi connectivity index (χ2v) is 11.9. The van der Waals surface area contributed by atoms with Gasteiger partial charge in [0.25, 0.3) is 5.56 Å². The average molecular weight is 559 g/mol. The number of nitrogens with zero attached hydrogens (tertiary/aromatic N) is 2. The number of aromatic amines is 1. The Morgan fingerprint density at radius 3 is 2.47 bits per heavy atom. The highest BCUT2D eigenvalue weighted by Gasteiger charge is 2.45. The molecule has 0 spiro atoms. The lowest BCUT2D eigenvalue weighted by molar-refractivity contribution is -0.222. The predicted octanol–water partition coefficient (Wildman–Crippen LogP) is -0.830. The molecule has 0 aliphatic carbocycles. The highest BCUT2D eigenvalue weighted by molar-refractivity contribution is 7.61. The number of hydrogen-bond acceptors (Lipinski definition) is 12. The van der Waals surface area contributed by atoms with Crippen molar-refractivity contribution in [1.29, 1.82) is 0 Å². The van der Waals surface area contributed by atoms with Gasteiger partial charge in [0, 0.05) is 24.2 Å². The van der Waals surface area contributed by atoms with Gasteiger partial charge in [-0.25, -0.2) is 13.9 Å². The SMILES string of the molecule is Cc1cn(C2CC(O)C(COP(=O)(O)OP(=O)(O)OC3OC(C)CC(N(C)C)C3O)O2)c(=O)[nH]c1=O. The van der Waals surface area contributed by atoms with Crippen molar-refractivity contribution < 1.29 is 52.0 Å². The number of aliphatic hydroxyl groups excluding tert-OH is 2. The molecule has 1 aromatic heterocycles. The zero-order valence-corrected chi connectivity index (χ0v) is 21.8. The van der Waals surface area contributed by atoms with Crippen molar-refractivity contribution in [3.8, 4) is 0 Å². The first-order valence-electron chi connectivity index (χ1n) is 10.9. The molecule has 0 saturated carbocycles. The molecule has 2 saturated heterocycles. The van der Waals surface area contributed by atoms with Gasteiger partial charge in [0.2, 0.25) is 0 Å². The number of aliphatic hydroxyl groups is 2. The van der Waals surface area contributed by atoms with Crippen LogP contribution in [0.5, 0.6) is 0 Å². The van der Waals surface area contributed by atoms with E-state index in [0.29, 0.717) is 6.42 Å². The van der Waals surface area contributed by atoms with Crippen LogP contribution in [0.15, 0.2) is 15.8 Å². The summed E-state index contributed by atoms with van der Waals surface area (Å²) in [6, 6.07) is -0.483. The maximum absolute atomic E-state index is 12.4. The van der Waals surface area contributed by atoms with E-state index in [1.807, 2.05) is 0 Å². The Bertz CT molecular complexity index is 1140. The van der Waals surface area contributed by atoms with Crippen molar-refractivity contribution in [2.24, 2.45) is 0 Å². The second-order valence-electron chi connectivity index (χ2n) is 8.90. The maximum Gasteiger partial charge on any atom is 0.483 e. The summed E-state index contributed by atoms with van der Waals surface area (Å²) in [5.74, 6) is 0. The number of nitrogens with one attached hydrogen (secondary N) is 1. The van der Waals surface area contributed by atoms with Crippen LogP contribution in [-0.4, -0.2) is 91.9 Å². The summed E-state index contributed by atoms with van der Waals surface area (Å²) in [7, 11) is -7.14. The van der Waals surface area contributed by atoms with Crippen LogP contribution in [0.4, 0.5) is 0 Å². The van der Waals surface area contributed by atoms with Gasteiger partial charge in [0.1, 0.15) is 18.4 Å². The first-order chi connectivity index (χ1) is 16.6. The van der Waals surface area contributed by atoms with Gasteiger partial charge in [-0.2, -0.15) is 4.31 Å². The quantitative estimate of drug-likeness (QED) is 0.233. The van der Waals surface area contributed by atoms with E-state index in [0.717, 1.165) is 4.57 Å². The number of hydrogen-bond donors (Lipinski definition) is 5. The van der Waals surface area contributed by atoms with Gasteiger partial charge in [-0.05, 0) is 34.4 Å². The third-order valence-corrected chi connectivity index (χ3v) is 8.38. The normalized spacial score (nSPS) is 34.4. The first-order valence-corrected chi connectivity index (χ1v) is 13.9. The Labute approximate surface area is 205 Å². The van der Waals surface area contributed by atoms with Crippen LogP contribution in [0.3, 0.4) is 0 Å². The topological polar surface area (TPSA) is 219 Å². The fourth-order valence-electron chi connectivity index (χ4n) is 3.94. The second kappa shape index (κ2) is 11.2. The van der Waals surface area contributed by atoms with Gasteiger partial charge in [0.15, 0.2) is 6.29 Å². The lowest BCUT2D eigenvalue weighted by atomic mass is 9.99. The van der Waals surface area contributed by atoms with Crippen molar-refractivity contribution in [3.63, 3.8) is 0 Å². The third-order valence-electron chi connectivity index (χ3n) is 5.78. The van der Waals surface area contributed by atoms with Crippen molar-refractivity contribution >= 4 is 15.6 Å². The summed E-state index contributed by atoms with van der Waals surface area (Å²) in [5.41, 5.74) is -1.14. The number of rotatable bonds is 9. The number of aromatic nitrogens is 2. The van der Waals surface area contributed by atoms with Crippen LogP contribution < -0.4 is 11.2 Å². The van der Waals surface area contributed by atoms with E-state index in [-0.39, 0.29) is 12.0 Å². The van der Waals surface area contributed by atoms with Crippen molar-refractivity contribution in [2.75, 3.05) is 20.7 Å². The number of likely N-dealkylation sites (N-methyl/N-ethyl adjacent to an activating group) is 1. The molecule has 0 aromatic carbocycles. The monoisotopic (exact) mass is 559 g/mol. The van der Waals surface area contributed by atoms with Crippen LogP contribution in [0.25, 0.3) is 0 Å². The van der Waals surface area contributed by atoms with Gasteiger partial charge in [-0.1, -0.05) is 0 Å². The molecule has 5 N–H and O–H groups in total. The smallest absolute Gasteiger partial charge is 0.390 e. The summed E-state index contributed by atoms with van der Waals surface area (Å²) in [6.07, 6.45) is -5.40. The van der Waals surface area contributed by atoms with E-state index in [2.05, 4.69) is 9.29 Å². The van der Waals surface area contributed by atoms with E-state index in [4.69, 9.17) is 18.5 Å². The molecule has 0 radical (unpaired) electrons. The minimum absolute atomic E-state index is 0.111. The third kappa shape index (κ3) is 7.19. The van der Waals surface area contributed by atoms with Gasteiger partial charge >= 0.3 is 21.3 Å². The zero-order valence-electron chi connectivity index (χ0n) is 20.0. The lowest BCUT2D eigenvalue weighted by Gasteiger charge is -2.40. The van der Waals surface area contributed by atoms with Gasteiger partial charge in [-0.3, -0.25) is 23.4 Å². The summed E-state index contributed by atoms with van der Waals surface area (Å²) in [4.78, 5) is 47.3. The van der Waals surface area contributed by atoms with Crippen molar-refractivity contribution in [3.05, 3.63) is 32.6 Å². The summed E-state index contributed by atoms with van der Waals surface area (Å²) in [5, 5.41) is 20.6. The van der Waals surface area contributed by atoms with Crippen LogP contribution in [0.1, 0.15) is 31.6 Å². The number of phosphoric acid groups is 2. The van der Waals surface area contributed by atoms with Gasteiger partial charge < -0.3 is 34.4 Å². The van der Waals surface area contributed by atoms with Gasteiger partial charge in [-0.15, -0.1) is 0 Å². The minimum Gasteiger partial charge on any atom is -0.390 e. The van der Waals surface area contributed by atoms with E-state index in [9.17, 15) is 38.7 Å². The molecule has 9 unspecified atom stereocenters. The average Bonchev–Trinajstić information content (AvgIpc) is 3.10. The molecule has 2 aliphatic rings. The largest absolute Gasteiger partial charge is 0.483 e. The Morgan fingerprint density at radius 1 is 1.17 bits per heavy atom. The number of H-pyrrole nitrogens is 1. The van der Waals surface area contributed by atoms with E-state index >= 15 is 0 Å². The molecular formula is C18H31N3O13P2. The molecule has 16 nitrogen and oxygen atoms in total. The molecule has 2 fully saturated rings. The molecule has 0 bridgehead atoms. The fraction of sp³-hybridized carbons (Fsp3) is 0.778. The molecule has 3 heterocycles. The minimum atomic E-state index is -5.28. The molecule has 0 amide bonds. The van der Waals surface area contributed by atoms with Gasteiger partial charge in [0.05, 0.1) is 18.8 Å². The molecule has 3 rings (SSSR count). The van der Waals surface area contributed by atoms with Crippen molar-refractivity contribution in [2.45, 2.75) is 69.7 Å². The van der Waals surface area contributed by atoms with Crippen LogP contribution in [0, 0.1) is 6.92 Å². The molecule has 36 heavy (non-hydrogen) atoms. The maximum atomic E-state index is 12.4. The van der Waals surface area contributed by atoms with Crippen LogP contribution >= 0.6 is 15.6 Å².